The molecule has 0 aromatic heterocycles. The van der Waals surface area contributed by atoms with Crippen molar-refractivity contribution >= 4 is 34.8 Å². The maximum Gasteiger partial charge on any atom is 0.216 e. The lowest BCUT2D eigenvalue weighted by molar-refractivity contribution is 1.24. The molecule has 0 nitrogen and oxygen atoms in total. The van der Waals surface area contributed by atoms with Crippen LogP contribution < -0.4 is 0 Å². The average molecular weight is 194 g/mol. The largest absolute Gasteiger partial charge is 0.216 e. The van der Waals surface area contributed by atoms with Crippen LogP contribution in [0.2, 0.25) is 0 Å². The van der Waals surface area contributed by atoms with Crippen molar-refractivity contribution in [3.8, 4) is 0 Å². The van der Waals surface area contributed by atoms with Crippen LogP contribution in [0.5, 0.6) is 0 Å². The Morgan fingerprint density at radius 3 is 2.20 bits per heavy atom. The molecule has 0 saturated heterocycles. The molecule has 3 heteroatoms. The summed E-state index contributed by atoms with van der Waals surface area (Å²) in [7, 11) is 0. The van der Waals surface area contributed by atoms with Crippen molar-refractivity contribution < 1.29 is 0 Å². The second-order valence-corrected chi connectivity index (χ2v) is 4.06. The van der Waals surface area contributed by atoms with Gasteiger partial charge in [0.05, 0.1) is 0 Å². The number of alkyl halides is 3. The van der Waals surface area contributed by atoms with Crippen molar-refractivity contribution in [3.05, 3.63) is 35.9 Å². The van der Waals surface area contributed by atoms with Crippen LogP contribution in [0.25, 0.3) is 0 Å². The van der Waals surface area contributed by atoms with Crippen LogP contribution >= 0.6 is 34.8 Å². The van der Waals surface area contributed by atoms with Crippen LogP contribution in [0.15, 0.2) is 24.3 Å². The van der Waals surface area contributed by atoms with Crippen molar-refractivity contribution in [2.45, 2.75) is 3.79 Å². The Hall–Kier alpha value is 0.0900. The first-order valence-corrected chi connectivity index (χ1v) is 3.78. The van der Waals surface area contributed by atoms with Gasteiger partial charge < -0.3 is 0 Å². The standard InChI is InChI=1S/C7H4Cl3/c8-7(9,10)6-4-2-1-3-5-6/h1-4H. The summed E-state index contributed by atoms with van der Waals surface area (Å²) in [4.78, 5) is 0. The minimum Gasteiger partial charge on any atom is -0.0784 e. The minimum absolute atomic E-state index is 0.569. The van der Waals surface area contributed by atoms with Crippen LogP contribution in [0.4, 0.5) is 0 Å². The molecule has 1 rings (SSSR count). The van der Waals surface area contributed by atoms with Gasteiger partial charge in [-0.3, -0.25) is 0 Å². The summed E-state index contributed by atoms with van der Waals surface area (Å²) in [5.41, 5.74) is 0.569. The molecule has 1 aromatic rings. The fraction of sp³-hybridized carbons (Fsp3) is 0.143. The van der Waals surface area contributed by atoms with E-state index in [2.05, 4.69) is 6.07 Å². The molecule has 0 spiro atoms. The molecule has 0 aliphatic heterocycles. The van der Waals surface area contributed by atoms with Crippen molar-refractivity contribution in [2.75, 3.05) is 0 Å². The SMILES string of the molecule is ClC(Cl)(Cl)c1[c]cccc1. The third-order valence-corrected chi connectivity index (χ3v) is 1.63. The smallest absolute Gasteiger partial charge is 0.0784 e. The Morgan fingerprint density at radius 1 is 1.20 bits per heavy atom. The lowest BCUT2D eigenvalue weighted by atomic mass is 10.2. The predicted octanol–water partition coefficient (Wildman–Crippen LogP) is 3.31. The van der Waals surface area contributed by atoms with Crippen molar-refractivity contribution in [2.24, 2.45) is 0 Å². The first-order chi connectivity index (χ1) is 4.61. The third kappa shape index (κ3) is 2.05. The van der Waals surface area contributed by atoms with Gasteiger partial charge in [0.25, 0.3) is 0 Å². The number of hydrogen-bond acceptors (Lipinski definition) is 0. The van der Waals surface area contributed by atoms with Gasteiger partial charge >= 0.3 is 0 Å². The fourth-order valence-corrected chi connectivity index (χ4v) is 0.922. The Labute approximate surface area is 74.7 Å². The Bertz CT molecular complexity index is 200. The van der Waals surface area contributed by atoms with E-state index in [1.54, 1.807) is 18.2 Å². The maximum absolute atomic E-state index is 5.56. The molecular formula is C7H4Cl3. The zero-order valence-corrected chi connectivity index (χ0v) is 7.21. The summed E-state index contributed by atoms with van der Waals surface area (Å²) < 4.78 is -1.35. The number of benzene rings is 1. The van der Waals surface area contributed by atoms with Gasteiger partial charge in [0.15, 0.2) is 0 Å². The first-order valence-electron chi connectivity index (χ1n) is 2.64. The van der Waals surface area contributed by atoms with Crippen LogP contribution in [-0.2, 0) is 3.79 Å². The molecule has 0 amide bonds. The second-order valence-electron chi connectivity index (χ2n) is 1.77. The molecule has 10 heavy (non-hydrogen) atoms. The van der Waals surface area contributed by atoms with Crippen LogP contribution in [0, 0.1) is 6.07 Å². The van der Waals surface area contributed by atoms with Gasteiger partial charge in [0.2, 0.25) is 3.79 Å². The fourth-order valence-electron chi connectivity index (χ4n) is 0.570. The second kappa shape index (κ2) is 3.00. The lowest BCUT2D eigenvalue weighted by Crippen LogP contribution is -1.98. The number of hydrogen-bond donors (Lipinski definition) is 0. The molecule has 0 fully saturated rings. The normalized spacial score (nSPS) is 11.5. The van der Waals surface area contributed by atoms with Crippen molar-refractivity contribution in [3.63, 3.8) is 0 Å². The monoisotopic (exact) mass is 193 g/mol. The molecule has 1 radical (unpaired) electrons. The number of halogens is 3. The summed E-state index contributed by atoms with van der Waals surface area (Å²) in [6.45, 7) is 0. The molecule has 0 unspecified atom stereocenters. The quantitative estimate of drug-likeness (QED) is 0.556. The highest BCUT2D eigenvalue weighted by molar-refractivity contribution is 6.66. The molecule has 0 aliphatic carbocycles. The zero-order chi connectivity index (χ0) is 7.61. The highest BCUT2D eigenvalue weighted by Gasteiger charge is 2.21. The van der Waals surface area contributed by atoms with Crippen molar-refractivity contribution in [1.82, 2.24) is 0 Å². The Kier molecular flexibility index (Phi) is 2.45. The third-order valence-electron chi connectivity index (χ3n) is 1.01. The van der Waals surface area contributed by atoms with E-state index in [0.29, 0.717) is 5.56 Å². The van der Waals surface area contributed by atoms with E-state index in [4.69, 9.17) is 34.8 Å². The van der Waals surface area contributed by atoms with Crippen LogP contribution in [0.3, 0.4) is 0 Å². The van der Waals surface area contributed by atoms with Gasteiger partial charge in [0.1, 0.15) is 0 Å². The van der Waals surface area contributed by atoms with Gasteiger partial charge in [-0.25, -0.2) is 0 Å². The highest BCUT2D eigenvalue weighted by Crippen LogP contribution is 2.37. The average Bonchev–Trinajstić information content (AvgIpc) is 1.88. The lowest BCUT2D eigenvalue weighted by Gasteiger charge is -2.08. The molecule has 0 heterocycles. The Morgan fingerprint density at radius 2 is 1.90 bits per heavy atom. The maximum atomic E-state index is 5.56. The molecular weight excluding hydrogens is 190 g/mol. The first kappa shape index (κ1) is 8.19. The van der Waals surface area contributed by atoms with E-state index in [9.17, 15) is 0 Å². The van der Waals surface area contributed by atoms with Crippen LogP contribution in [0.1, 0.15) is 5.56 Å². The summed E-state index contributed by atoms with van der Waals surface area (Å²) in [5.74, 6) is 0. The van der Waals surface area contributed by atoms with E-state index in [-0.39, 0.29) is 0 Å². The molecule has 0 bridgehead atoms. The van der Waals surface area contributed by atoms with E-state index >= 15 is 0 Å². The van der Waals surface area contributed by atoms with Crippen LogP contribution in [-0.4, -0.2) is 0 Å². The van der Waals surface area contributed by atoms with Gasteiger partial charge in [0, 0.05) is 5.56 Å². The highest BCUT2D eigenvalue weighted by atomic mass is 35.6. The van der Waals surface area contributed by atoms with Gasteiger partial charge in [-0.2, -0.15) is 0 Å². The van der Waals surface area contributed by atoms with Gasteiger partial charge in [-0.1, -0.05) is 59.1 Å². The number of rotatable bonds is 0. The summed E-state index contributed by atoms with van der Waals surface area (Å²) in [5, 5.41) is 0. The van der Waals surface area contributed by atoms with E-state index < -0.39 is 3.79 Å². The molecule has 1 aromatic carbocycles. The minimum atomic E-state index is -1.35. The summed E-state index contributed by atoms with van der Waals surface area (Å²) >= 11 is 16.7. The van der Waals surface area contributed by atoms with E-state index in [0.717, 1.165) is 0 Å². The molecule has 0 saturated carbocycles. The van der Waals surface area contributed by atoms with Gasteiger partial charge in [-0.05, 0) is 6.07 Å². The zero-order valence-electron chi connectivity index (χ0n) is 4.94. The topological polar surface area (TPSA) is 0 Å². The molecule has 0 atom stereocenters. The Balaban J connectivity index is 2.97. The summed E-state index contributed by atoms with van der Waals surface area (Å²) in [6.07, 6.45) is 0. The van der Waals surface area contributed by atoms with Crippen molar-refractivity contribution in [1.29, 1.82) is 0 Å². The van der Waals surface area contributed by atoms with Gasteiger partial charge in [-0.15, -0.1) is 0 Å². The molecule has 0 N–H and O–H groups in total. The summed E-state index contributed by atoms with van der Waals surface area (Å²) in [6, 6.07) is 9.85. The van der Waals surface area contributed by atoms with E-state index in [1.807, 2.05) is 6.07 Å². The van der Waals surface area contributed by atoms with E-state index in [1.165, 1.54) is 0 Å². The molecule has 53 valence electrons. The molecule has 0 aliphatic rings. The predicted molar refractivity (Wildman–Crippen MR) is 44.5 cm³/mol.